The minimum Gasteiger partial charge on any atom is -0.397 e. The van der Waals surface area contributed by atoms with E-state index in [1.165, 1.54) is 0 Å². The lowest BCUT2D eigenvalue weighted by Crippen LogP contribution is -2.45. The van der Waals surface area contributed by atoms with Gasteiger partial charge in [0.2, 0.25) is 0 Å². The molecular weight excluding hydrogens is 242 g/mol. The highest BCUT2D eigenvalue weighted by molar-refractivity contribution is 5.96. The summed E-state index contributed by atoms with van der Waals surface area (Å²) >= 11 is 0. The first kappa shape index (κ1) is 13.6. The molecule has 0 aliphatic rings. The molecule has 0 spiro atoms. The van der Waals surface area contributed by atoms with E-state index in [4.69, 9.17) is 5.73 Å². The lowest BCUT2D eigenvalue weighted by Gasteiger charge is -2.31. The van der Waals surface area contributed by atoms with Crippen molar-refractivity contribution in [1.82, 2.24) is 4.98 Å². The summed E-state index contributed by atoms with van der Waals surface area (Å²) < 4.78 is 0. The number of hydrogen-bond acceptors (Lipinski definition) is 5. The fourth-order valence-electron chi connectivity index (χ4n) is 2.01. The minimum absolute atomic E-state index is 0.162. The van der Waals surface area contributed by atoms with E-state index in [-0.39, 0.29) is 13.2 Å². The first-order chi connectivity index (χ1) is 9.15. The first-order valence-electron chi connectivity index (χ1n) is 6.29. The summed E-state index contributed by atoms with van der Waals surface area (Å²) in [6.45, 7) is 1.58. The third kappa shape index (κ3) is 2.47. The molecule has 19 heavy (non-hydrogen) atoms. The van der Waals surface area contributed by atoms with Gasteiger partial charge in [0.05, 0.1) is 35.6 Å². The largest absolute Gasteiger partial charge is 0.397 e. The highest BCUT2D eigenvalue weighted by Gasteiger charge is 2.27. The van der Waals surface area contributed by atoms with E-state index >= 15 is 0 Å². The van der Waals surface area contributed by atoms with Crippen molar-refractivity contribution in [2.75, 3.05) is 24.3 Å². The van der Waals surface area contributed by atoms with Crippen molar-refractivity contribution in [1.29, 1.82) is 0 Å². The second-order valence-electron chi connectivity index (χ2n) is 4.67. The predicted molar refractivity (Wildman–Crippen MR) is 77.0 cm³/mol. The number of aromatic nitrogens is 1. The van der Waals surface area contributed by atoms with Gasteiger partial charge in [0.15, 0.2) is 0 Å². The molecule has 0 saturated heterocycles. The fraction of sp³-hybridized carbons (Fsp3) is 0.357. The highest BCUT2D eigenvalue weighted by atomic mass is 16.3. The van der Waals surface area contributed by atoms with Crippen molar-refractivity contribution < 1.29 is 10.2 Å². The Morgan fingerprint density at radius 3 is 2.63 bits per heavy atom. The zero-order chi connectivity index (χ0) is 13.9. The average molecular weight is 261 g/mol. The molecule has 0 aliphatic heterocycles. The molecule has 1 aromatic carbocycles. The van der Waals surface area contributed by atoms with Gasteiger partial charge in [-0.2, -0.15) is 0 Å². The van der Waals surface area contributed by atoms with Gasteiger partial charge in [-0.05, 0) is 30.7 Å². The van der Waals surface area contributed by atoms with Crippen LogP contribution in [0.25, 0.3) is 10.9 Å². The Morgan fingerprint density at radius 1 is 1.26 bits per heavy atom. The molecule has 102 valence electrons. The number of hydrogen-bond donors (Lipinski definition) is 4. The Balaban J connectivity index is 2.43. The molecule has 0 bridgehead atoms. The Kier molecular flexibility index (Phi) is 3.87. The number of nitrogens with one attached hydrogen (secondary N) is 1. The second-order valence-corrected chi connectivity index (χ2v) is 4.67. The number of nitrogen functional groups attached to an aromatic ring is 1. The molecule has 0 fully saturated rings. The minimum atomic E-state index is -0.760. The van der Waals surface area contributed by atoms with E-state index in [0.717, 1.165) is 10.9 Å². The number of aliphatic hydroxyl groups excluding tert-OH is 2. The van der Waals surface area contributed by atoms with Crippen LogP contribution in [0.15, 0.2) is 30.5 Å². The molecule has 5 heteroatoms. The third-order valence-electron chi connectivity index (χ3n) is 3.51. The summed E-state index contributed by atoms with van der Waals surface area (Å²) in [7, 11) is 0. The first-order valence-corrected chi connectivity index (χ1v) is 6.29. The fourth-order valence-corrected chi connectivity index (χ4v) is 2.01. The van der Waals surface area contributed by atoms with Gasteiger partial charge in [-0.1, -0.05) is 6.92 Å². The van der Waals surface area contributed by atoms with Crippen molar-refractivity contribution in [3.63, 3.8) is 0 Å². The van der Waals surface area contributed by atoms with Gasteiger partial charge in [0.25, 0.3) is 0 Å². The number of nitrogens with zero attached hydrogens (tertiary/aromatic N) is 1. The Hall–Kier alpha value is -1.85. The SMILES string of the molecule is CCC(CO)(CO)Nc1ccc2ncccc2c1N. The Morgan fingerprint density at radius 2 is 2.00 bits per heavy atom. The molecule has 0 saturated carbocycles. The standard InChI is InChI=1S/C14H19N3O2/c1-2-14(8-18,9-19)17-12-6-5-11-10(13(12)15)4-3-7-16-11/h3-7,17-19H,2,8-9,15H2,1H3. The summed E-state index contributed by atoms with van der Waals surface area (Å²) in [5.74, 6) is 0. The molecule has 0 aliphatic carbocycles. The summed E-state index contributed by atoms with van der Waals surface area (Å²) in [6.07, 6.45) is 2.30. The van der Waals surface area contributed by atoms with Crippen molar-refractivity contribution >= 4 is 22.3 Å². The van der Waals surface area contributed by atoms with Crippen LogP contribution in [0.4, 0.5) is 11.4 Å². The van der Waals surface area contributed by atoms with Crippen LogP contribution in [0, 0.1) is 0 Å². The van der Waals surface area contributed by atoms with Crippen molar-refractivity contribution in [3.8, 4) is 0 Å². The molecule has 1 heterocycles. The van der Waals surface area contributed by atoms with Crippen molar-refractivity contribution in [3.05, 3.63) is 30.5 Å². The third-order valence-corrected chi connectivity index (χ3v) is 3.51. The monoisotopic (exact) mass is 261 g/mol. The number of anilines is 2. The van der Waals surface area contributed by atoms with E-state index in [1.807, 2.05) is 31.2 Å². The topological polar surface area (TPSA) is 91.4 Å². The van der Waals surface area contributed by atoms with Gasteiger partial charge in [0, 0.05) is 11.6 Å². The second kappa shape index (κ2) is 5.42. The van der Waals surface area contributed by atoms with Gasteiger partial charge in [-0.3, -0.25) is 4.98 Å². The molecule has 1 aromatic heterocycles. The number of fused-ring (bicyclic) bond motifs is 1. The Labute approximate surface area is 112 Å². The molecular formula is C14H19N3O2. The van der Waals surface area contributed by atoms with Gasteiger partial charge in [-0.15, -0.1) is 0 Å². The summed E-state index contributed by atoms with van der Waals surface area (Å²) in [4.78, 5) is 4.23. The highest BCUT2D eigenvalue weighted by Crippen LogP contribution is 2.30. The predicted octanol–water partition coefficient (Wildman–Crippen LogP) is 1.36. The van der Waals surface area contributed by atoms with E-state index in [0.29, 0.717) is 17.8 Å². The van der Waals surface area contributed by atoms with Crippen molar-refractivity contribution in [2.24, 2.45) is 0 Å². The zero-order valence-corrected chi connectivity index (χ0v) is 10.9. The number of pyridine rings is 1. The molecule has 5 N–H and O–H groups in total. The summed E-state index contributed by atoms with van der Waals surface area (Å²) in [5, 5.41) is 22.9. The molecule has 0 amide bonds. The molecule has 0 unspecified atom stereocenters. The average Bonchev–Trinajstić information content (AvgIpc) is 2.48. The molecule has 0 radical (unpaired) electrons. The van der Waals surface area contributed by atoms with E-state index < -0.39 is 5.54 Å². The van der Waals surface area contributed by atoms with E-state index in [9.17, 15) is 10.2 Å². The van der Waals surface area contributed by atoms with Crippen LogP contribution in [0.5, 0.6) is 0 Å². The maximum Gasteiger partial charge on any atom is 0.0832 e. The van der Waals surface area contributed by atoms with E-state index in [1.54, 1.807) is 6.20 Å². The Bertz CT molecular complexity index is 559. The maximum absolute atomic E-state index is 9.47. The number of benzene rings is 1. The van der Waals surface area contributed by atoms with E-state index in [2.05, 4.69) is 10.3 Å². The van der Waals surface area contributed by atoms with Gasteiger partial charge < -0.3 is 21.3 Å². The van der Waals surface area contributed by atoms with Crippen LogP contribution in [0.1, 0.15) is 13.3 Å². The summed E-state index contributed by atoms with van der Waals surface area (Å²) in [6, 6.07) is 7.41. The van der Waals surface area contributed by atoms with Gasteiger partial charge >= 0.3 is 0 Å². The summed E-state index contributed by atoms with van der Waals surface area (Å²) in [5.41, 5.74) is 7.46. The number of nitrogens with two attached hydrogens (primary N) is 1. The lowest BCUT2D eigenvalue weighted by molar-refractivity contribution is 0.132. The molecule has 0 atom stereocenters. The maximum atomic E-state index is 9.47. The van der Waals surface area contributed by atoms with Crippen LogP contribution >= 0.6 is 0 Å². The van der Waals surface area contributed by atoms with Crippen LogP contribution < -0.4 is 11.1 Å². The van der Waals surface area contributed by atoms with Gasteiger partial charge in [-0.25, -0.2) is 0 Å². The van der Waals surface area contributed by atoms with Crippen LogP contribution in [0.2, 0.25) is 0 Å². The lowest BCUT2D eigenvalue weighted by atomic mass is 9.97. The number of aliphatic hydroxyl groups is 2. The van der Waals surface area contributed by atoms with Crippen molar-refractivity contribution in [2.45, 2.75) is 18.9 Å². The van der Waals surface area contributed by atoms with Crippen LogP contribution in [0.3, 0.4) is 0 Å². The normalized spacial score (nSPS) is 11.7. The van der Waals surface area contributed by atoms with Crippen LogP contribution in [-0.2, 0) is 0 Å². The molecule has 5 nitrogen and oxygen atoms in total. The molecule has 2 rings (SSSR count). The van der Waals surface area contributed by atoms with Crippen LogP contribution in [-0.4, -0.2) is 33.9 Å². The molecule has 2 aromatic rings. The number of rotatable bonds is 5. The smallest absolute Gasteiger partial charge is 0.0832 e. The van der Waals surface area contributed by atoms with Gasteiger partial charge in [0.1, 0.15) is 0 Å². The zero-order valence-electron chi connectivity index (χ0n) is 10.9. The quantitative estimate of drug-likeness (QED) is 0.610.